The summed E-state index contributed by atoms with van der Waals surface area (Å²) in [7, 11) is 0. The SMILES string of the molecule is Nc1nccn2c(C3CCC3)nc(-c3ccc(Oc4ccccc4)c(NC=O)c3)c12. The average molecular weight is 399 g/mol. The number of aromatic nitrogens is 3. The Morgan fingerprint density at radius 1 is 1.17 bits per heavy atom. The molecule has 0 spiro atoms. The Bertz CT molecular complexity index is 1220. The molecule has 1 saturated carbocycles. The number of benzene rings is 2. The smallest absolute Gasteiger partial charge is 0.211 e. The zero-order valence-corrected chi connectivity index (χ0v) is 16.3. The number of carbonyl (C=O) groups excluding carboxylic acids is 1. The van der Waals surface area contributed by atoms with Crippen molar-refractivity contribution in [3.63, 3.8) is 0 Å². The first-order chi connectivity index (χ1) is 14.7. The highest BCUT2D eigenvalue weighted by Gasteiger charge is 2.27. The summed E-state index contributed by atoms with van der Waals surface area (Å²) in [6.45, 7) is 0. The van der Waals surface area contributed by atoms with Gasteiger partial charge in [-0.15, -0.1) is 0 Å². The van der Waals surface area contributed by atoms with Crippen LogP contribution in [0.15, 0.2) is 60.9 Å². The van der Waals surface area contributed by atoms with Gasteiger partial charge in [-0.1, -0.05) is 24.6 Å². The summed E-state index contributed by atoms with van der Waals surface area (Å²) in [6, 6.07) is 15.0. The molecule has 1 amide bonds. The fraction of sp³-hybridized carbons (Fsp3) is 0.174. The van der Waals surface area contributed by atoms with Crippen molar-refractivity contribution in [1.29, 1.82) is 0 Å². The van der Waals surface area contributed by atoms with Gasteiger partial charge in [-0.3, -0.25) is 9.20 Å². The summed E-state index contributed by atoms with van der Waals surface area (Å²) < 4.78 is 7.99. The predicted octanol–water partition coefficient (Wildman–Crippen LogP) is 4.61. The third-order valence-electron chi connectivity index (χ3n) is 5.52. The van der Waals surface area contributed by atoms with Gasteiger partial charge in [0.25, 0.3) is 0 Å². The molecule has 5 rings (SSSR count). The van der Waals surface area contributed by atoms with Crippen LogP contribution in [0.1, 0.15) is 31.0 Å². The van der Waals surface area contributed by atoms with Crippen molar-refractivity contribution in [1.82, 2.24) is 14.4 Å². The quantitative estimate of drug-likeness (QED) is 0.462. The number of nitrogens with zero attached hydrogens (tertiary/aromatic N) is 3. The molecule has 30 heavy (non-hydrogen) atoms. The molecule has 0 radical (unpaired) electrons. The van der Waals surface area contributed by atoms with E-state index in [4.69, 9.17) is 15.5 Å². The van der Waals surface area contributed by atoms with Gasteiger partial charge in [0.15, 0.2) is 5.75 Å². The number of para-hydroxylation sites is 1. The summed E-state index contributed by atoms with van der Waals surface area (Å²) in [4.78, 5) is 20.4. The maximum absolute atomic E-state index is 11.2. The topological polar surface area (TPSA) is 94.5 Å². The number of nitrogens with one attached hydrogen (secondary N) is 1. The van der Waals surface area contributed by atoms with Crippen molar-refractivity contribution in [3.8, 4) is 22.8 Å². The zero-order valence-electron chi connectivity index (χ0n) is 16.3. The molecule has 1 fully saturated rings. The standard InChI is InChI=1S/C23H21N5O2/c24-22-21-20(27-23(15-5-4-6-15)28(21)12-11-25-22)16-9-10-19(18(13-16)26-14-29)30-17-7-2-1-3-8-17/h1-3,7-15H,4-6H2,(H2,24,25)(H,26,29). The van der Waals surface area contributed by atoms with E-state index in [1.807, 2.05) is 59.1 Å². The van der Waals surface area contributed by atoms with Crippen molar-refractivity contribution in [2.75, 3.05) is 11.1 Å². The van der Waals surface area contributed by atoms with Gasteiger partial charge < -0.3 is 15.8 Å². The highest BCUT2D eigenvalue weighted by Crippen LogP contribution is 2.40. The number of nitrogen functional groups attached to an aromatic ring is 1. The average Bonchev–Trinajstić information content (AvgIpc) is 3.10. The summed E-state index contributed by atoms with van der Waals surface area (Å²) in [5.74, 6) is 3.11. The molecular weight excluding hydrogens is 378 g/mol. The minimum atomic E-state index is 0.431. The molecule has 2 heterocycles. The third-order valence-corrected chi connectivity index (χ3v) is 5.52. The van der Waals surface area contributed by atoms with Gasteiger partial charge in [0.2, 0.25) is 6.41 Å². The first-order valence-electron chi connectivity index (χ1n) is 9.94. The molecule has 150 valence electrons. The number of amides is 1. The molecule has 2 aromatic heterocycles. The Hall–Kier alpha value is -3.87. The maximum atomic E-state index is 11.2. The fourth-order valence-corrected chi connectivity index (χ4v) is 3.80. The van der Waals surface area contributed by atoms with Crippen molar-refractivity contribution in [2.24, 2.45) is 0 Å². The lowest BCUT2D eigenvalue weighted by Gasteiger charge is -2.23. The van der Waals surface area contributed by atoms with Crippen LogP contribution < -0.4 is 15.8 Å². The summed E-state index contributed by atoms with van der Waals surface area (Å²) >= 11 is 0. The van der Waals surface area contributed by atoms with Crippen LogP contribution >= 0.6 is 0 Å². The number of nitrogens with two attached hydrogens (primary N) is 1. The minimum absolute atomic E-state index is 0.431. The molecule has 1 aliphatic carbocycles. The van der Waals surface area contributed by atoms with Crippen LogP contribution in [0.25, 0.3) is 16.8 Å². The Morgan fingerprint density at radius 3 is 2.73 bits per heavy atom. The molecule has 0 aliphatic heterocycles. The summed E-state index contributed by atoms with van der Waals surface area (Å²) in [6.07, 6.45) is 7.72. The van der Waals surface area contributed by atoms with Crippen LogP contribution in [0.3, 0.4) is 0 Å². The second kappa shape index (κ2) is 7.51. The zero-order chi connectivity index (χ0) is 20.5. The van der Waals surface area contributed by atoms with Crippen molar-refractivity contribution < 1.29 is 9.53 Å². The van der Waals surface area contributed by atoms with E-state index in [-0.39, 0.29) is 0 Å². The van der Waals surface area contributed by atoms with E-state index in [0.29, 0.717) is 35.3 Å². The molecular formula is C23H21N5O2. The molecule has 7 nitrogen and oxygen atoms in total. The van der Waals surface area contributed by atoms with E-state index >= 15 is 0 Å². The molecule has 0 unspecified atom stereocenters. The van der Waals surface area contributed by atoms with E-state index in [9.17, 15) is 4.79 Å². The third kappa shape index (κ3) is 3.14. The second-order valence-electron chi connectivity index (χ2n) is 7.37. The number of hydrogen-bond acceptors (Lipinski definition) is 5. The molecule has 3 N–H and O–H groups in total. The number of carbonyl (C=O) groups is 1. The lowest BCUT2D eigenvalue weighted by Crippen LogP contribution is -2.12. The number of ether oxygens (including phenoxy) is 1. The van der Waals surface area contributed by atoms with Gasteiger partial charge in [0, 0.05) is 23.9 Å². The Morgan fingerprint density at radius 2 is 2.00 bits per heavy atom. The maximum Gasteiger partial charge on any atom is 0.211 e. The molecule has 2 aromatic carbocycles. The first kappa shape index (κ1) is 18.2. The van der Waals surface area contributed by atoms with Gasteiger partial charge in [-0.05, 0) is 43.2 Å². The van der Waals surface area contributed by atoms with Gasteiger partial charge >= 0.3 is 0 Å². The van der Waals surface area contributed by atoms with Crippen molar-refractivity contribution >= 4 is 23.4 Å². The second-order valence-corrected chi connectivity index (χ2v) is 7.37. The van der Waals surface area contributed by atoms with E-state index in [0.717, 1.165) is 35.4 Å². The number of anilines is 2. The van der Waals surface area contributed by atoms with Crippen LogP contribution in [-0.2, 0) is 4.79 Å². The Labute approximate surface area is 173 Å². The van der Waals surface area contributed by atoms with Gasteiger partial charge in [0.1, 0.15) is 28.6 Å². The van der Waals surface area contributed by atoms with Crippen molar-refractivity contribution in [3.05, 3.63) is 66.7 Å². The van der Waals surface area contributed by atoms with Crippen LogP contribution in [-0.4, -0.2) is 20.8 Å². The molecule has 0 bridgehead atoms. The summed E-state index contributed by atoms with van der Waals surface area (Å²) in [5.41, 5.74) is 9.16. The predicted molar refractivity (Wildman–Crippen MR) is 116 cm³/mol. The van der Waals surface area contributed by atoms with Gasteiger partial charge in [-0.25, -0.2) is 9.97 Å². The lowest BCUT2D eigenvalue weighted by atomic mass is 9.85. The molecule has 0 atom stereocenters. The Kier molecular flexibility index (Phi) is 4.55. The molecule has 7 heteroatoms. The fourth-order valence-electron chi connectivity index (χ4n) is 3.80. The first-order valence-corrected chi connectivity index (χ1v) is 9.94. The number of rotatable bonds is 6. The van der Waals surface area contributed by atoms with Crippen LogP contribution in [0.5, 0.6) is 11.5 Å². The van der Waals surface area contributed by atoms with Crippen LogP contribution in [0.2, 0.25) is 0 Å². The van der Waals surface area contributed by atoms with E-state index < -0.39 is 0 Å². The normalized spacial score (nSPS) is 13.7. The van der Waals surface area contributed by atoms with Crippen LogP contribution in [0, 0.1) is 0 Å². The van der Waals surface area contributed by atoms with Crippen LogP contribution in [0.4, 0.5) is 11.5 Å². The highest BCUT2D eigenvalue weighted by molar-refractivity contribution is 5.88. The Balaban J connectivity index is 1.61. The number of hydrogen-bond donors (Lipinski definition) is 2. The van der Waals surface area contributed by atoms with Gasteiger partial charge in [0.05, 0.1) is 5.69 Å². The number of imidazole rings is 1. The molecule has 0 saturated heterocycles. The number of fused-ring (bicyclic) bond motifs is 1. The van der Waals surface area contributed by atoms with E-state index in [1.165, 1.54) is 6.42 Å². The van der Waals surface area contributed by atoms with Gasteiger partial charge in [-0.2, -0.15) is 0 Å². The van der Waals surface area contributed by atoms with E-state index in [2.05, 4.69) is 10.3 Å². The molecule has 1 aliphatic rings. The molecule has 4 aromatic rings. The van der Waals surface area contributed by atoms with E-state index in [1.54, 1.807) is 6.20 Å². The monoisotopic (exact) mass is 399 g/mol. The van der Waals surface area contributed by atoms with Crippen molar-refractivity contribution in [2.45, 2.75) is 25.2 Å². The lowest BCUT2D eigenvalue weighted by molar-refractivity contribution is -0.105. The minimum Gasteiger partial charge on any atom is -0.455 e. The largest absolute Gasteiger partial charge is 0.455 e. The summed E-state index contributed by atoms with van der Waals surface area (Å²) in [5, 5.41) is 2.73. The highest BCUT2D eigenvalue weighted by atomic mass is 16.5.